The molecule has 1 N–H and O–H groups in total. The van der Waals surface area contributed by atoms with Crippen LogP contribution in [0.4, 0.5) is 0 Å². The molecule has 4 rings (SSSR count). The molecule has 0 bridgehead atoms. The van der Waals surface area contributed by atoms with Crippen molar-refractivity contribution in [3.05, 3.63) is 44.6 Å². The fourth-order valence-corrected chi connectivity index (χ4v) is 5.52. The van der Waals surface area contributed by atoms with Gasteiger partial charge in [-0.05, 0) is 51.2 Å². The van der Waals surface area contributed by atoms with Gasteiger partial charge in [-0.25, -0.2) is 4.98 Å². The smallest absolute Gasteiger partial charge is 0.262 e. The van der Waals surface area contributed by atoms with Crippen molar-refractivity contribution in [2.24, 2.45) is 0 Å². The molecule has 3 aromatic rings. The van der Waals surface area contributed by atoms with Gasteiger partial charge in [-0.2, -0.15) is 5.10 Å². The second-order valence-corrected chi connectivity index (χ2v) is 9.28. The summed E-state index contributed by atoms with van der Waals surface area (Å²) in [5.41, 5.74) is 3.56. The van der Waals surface area contributed by atoms with E-state index >= 15 is 0 Å². The zero-order valence-electron chi connectivity index (χ0n) is 17.2. The lowest BCUT2D eigenvalue weighted by Gasteiger charge is -2.25. The third-order valence-electron chi connectivity index (χ3n) is 5.48. The Balaban J connectivity index is 1.53. The van der Waals surface area contributed by atoms with Gasteiger partial charge in [-0.15, -0.1) is 11.3 Å². The summed E-state index contributed by atoms with van der Waals surface area (Å²) in [5.74, 6) is 0. The quantitative estimate of drug-likeness (QED) is 0.691. The first-order chi connectivity index (χ1) is 13.4. The summed E-state index contributed by atoms with van der Waals surface area (Å²) in [4.78, 5) is 20.0. The highest BCUT2D eigenvalue weighted by molar-refractivity contribution is 7.18. The number of fused-ring (bicyclic) bond motifs is 3. The summed E-state index contributed by atoms with van der Waals surface area (Å²) in [5, 5.41) is 9.00. The van der Waals surface area contributed by atoms with E-state index in [0.717, 1.165) is 53.8 Å². The van der Waals surface area contributed by atoms with Crippen LogP contribution in [-0.4, -0.2) is 31.4 Å². The summed E-state index contributed by atoms with van der Waals surface area (Å²) >= 11 is 1.70. The normalized spacial score (nSPS) is 16.8. The first-order valence-corrected chi connectivity index (χ1v) is 11.0. The van der Waals surface area contributed by atoms with Crippen LogP contribution in [0.2, 0.25) is 0 Å². The van der Waals surface area contributed by atoms with Gasteiger partial charge in [0, 0.05) is 35.7 Å². The SMILES string of the molecule is Cc1cc(C)n(CCCn2cnc3sc4c(c3c2=O)CCC(NC(C)C)C4)n1. The van der Waals surface area contributed by atoms with E-state index in [9.17, 15) is 4.79 Å². The predicted molar refractivity (Wildman–Crippen MR) is 114 cm³/mol. The van der Waals surface area contributed by atoms with Crippen LogP contribution in [0.3, 0.4) is 0 Å². The van der Waals surface area contributed by atoms with Crippen molar-refractivity contribution >= 4 is 21.6 Å². The predicted octanol–water partition coefficient (Wildman–Crippen LogP) is 3.22. The third kappa shape index (κ3) is 3.78. The zero-order chi connectivity index (χ0) is 19.8. The monoisotopic (exact) mass is 399 g/mol. The molecule has 0 fully saturated rings. The van der Waals surface area contributed by atoms with Gasteiger partial charge in [-0.3, -0.25) is 14.0 Å². The van der Waals surface area contributed by atoms with Gasteiger partial charge >= 0.3 is 0 Å². The van der Waals surface area contributed by atoms with Crippen molar-refractivity contribution < 1.29 is 0 Å². The van der Waals surface area contributed by atoms with Gasteiger partial charge in [0.1, 0.15) is 4.83 Å². The number of aryl methyl sites for hydroxylation is 5. The number of nitrogens with one attached hydrogen (secondary N) is 1. The van der Waals surface area contributed by atoms with Crippen LogP contribution in [0, 0.1) is 13.8 Å². The Kier molecular flexibility index (Phi) is 5.38. The van der Waals surface area contributed by atoms with Crippen molar-refractivity contribution in [1.82, 2.24) is 24.6 Å². The minimum atomic E-state index is 0.117. The number of rotatable bonds is 6. The van der Waals surface area contributed by atoms with Crippen molar-refractivity contribution in [1.29, 1.82) is 0 Å². The van der Waals surface area contributed by atoms with Gasteiger partial charge in [0.25, 0.3) is 5.56 Å². The van der Waals surface area contributed by atoms with Gasteiger partial charge in [-0.1, -0.05) is 13.8 Å². The third-order valence-corrected chi connectivity index (χ3v) is 6.64. The molecule has 3 heterocycles. The molecular formula is C21H29N5OS. The minimum Gasteiger partial charge on any atom is -0.311 e. The Morgan fingerprint density at radius 3 is 2.86 bits per heavy atom. The molecule has 0 aliphatic heterocycles. The molecule has 1 aliphatic rings. The second-order valence-electron chi connectivity index (χ2n) is 8.19. The van der Waals surface area contributed by atoms with Gasteiger partial charge < -0.3 is 5.32 Å². The van der Waals surface area contributed by atoms with Crippen LogP contribution >= 0.6 is 11.3 Å². The molecule has 3 aromatic heterocycles. The molecule has 0 spiro atoms. The molecular weight excluding hydrogens is 370 g/mol. The maximum absolute atomic E-state index is 13.1. The summed E-state index contributed by atoms with van der Waals surface area (Å²) in [6.45, 7) is 9.93. The Bertz CT molecular complexity index is 1050. The van der Waals surface area contributed by atoms with Crippen molar-refractivity contribution in [2.45, 2.75) is 78.6 Å². The summed E-state index contributed by atoms with van der Waals surface area (Å²) in [6.07, 6.45) is 5.64. The van der Waals surface area contributed by atoms with E-state index in [1.807, 2.05) is 11.6 Å². The highest BCUT2D eigenvalue weighted by atomic mass is 32.1. The second kappa shape index (κ2) is 7.79. The highest BCUT2D eigenvalue weighted by Gasteiger charge is 2.25. The average molecular weight is 400 g/mol. The Morgan fingerprint density at radius 1 is 1.32 bits per heavy atom. The van der Waals surface area contributed by atoms with Crippen molar-refractivity contribution in [3.8, 4) is 0 Å². The number of nitrogens with zero attached hydrogens (tertiary/aromatic N) is 4. The zero-order valence-corrected chi connectivity index (χ0v) is 18.0. The number of hydrogen-bond donors (Lipinski definition) is 1. The molecule has 1 aliphatic carbocycles. The Hall–Kier alpha value is -1.99. The van der Waals surface area contributed by atoms with Crippen LogP contribution in [-0.2, 0) is 25.9 Å². The minimum absolute atomic E-state index is 0.117. The standard InChI is InChI=1S/C21H29N5OS/c1-13(2)23-16-6-7-17-18(11-16)28-20-19(17)21(27)25(12-22-20)8-5-9-26-15(4)10-14(3)24-26/h10,12-13,16,23H,5-9,11H2,1-4H3. The van der Waals surface area contributed by atoms with Gasteiger partial charge in [0.2, 0.25) is 0 Å². The number of thiophene rings is 1. The van der Waals surface area contributed by atoms with E-state index in [-0.39, 0.29) is 5.56 Å². The lowest BCUT2D eigenvalue weighted by atomic mass is 9.92. The molecule has 6 nitrogen and oxygen atoms in total. The van der Waals surface area contributed by atoms with Crippen LogP contribution in [0.25, 0.3) is 10.2 Å². The lowest BCUT2D eigenvalue weighted by Crippen LogP contribution is -2.38. The summed E-state index contributed by atoms with van der Waals surface area (Å²) in [7, 11) is 0. The number of hydrogen-bond acceptors (Lipinski definition) is 5. The highest BCUT2D eigenvalue weighted by Crippen LogP contribution is 2.33. The lowest BCUT2D eigenvalue weighted by molar-refractivity contribution is 0.425. The van der Waals surface area contributed by atoms with E-state index < -0.39 is 0 Å². The van der Waals surface area contributed by atoms with Gasteiger partial charge in [0.15, 0.2) is 0 Å². The van der Waals surface area contributed by atoms with Crippen LogP contribution in [0.15, 0.2) is 17.2 Å². The van der Waals surface area contributed by atoms with Crippen LogP contribution in [0.1, 0.15) is 48.5 Å². The molecule has 7 heteroatoms. The number of aromatic nitrogens is 4. The average Bonchev–Trinajstić information content (AvgIpc) is 3.15. The largest absolute Gasteiger partial charge is 0.311 e. The van der Waals surface area contributed by atoms with Crippen molar-refractivity contribution in [3.63, 3.8) is 0 Å². The molecule has 1 unspecified atom stereocenters. The first-order valence-electron chi connectivity index (χ1n) is 10.2. The van der Waals surface area contributed by atoms with E-state index in [1.54, 1.807) is 22.2 Å². The van der Waals surface area contributed by atoms with Crippen molar-refractivity contribution in [2.75, 3.05) is 0 Å². The van der Waals surface area contributed by atoms with E-state index in [4.69, 9.17) is 0 Å². The molecule has 150 valence electrons. The molecule has 0 aromatic carbocycles. The molecule has 0 saturated heterocycles. The topological polar surface area (TPSA) is 64.7 Å². The fourth-order valence-electron chi connectivity index (χ4n) is 4.27. The molecule has 0 saturated carbocycles. The Morgan fingerprint density at radius 2 is 2.14 bits per heavy atom. The molecule has 1 atom stereocenters. The van der Waals surface area contributed by atoms with Crippen LogP contribution in [0.5, 0.6) is 0 Å². The summed E-state index contributed by atoms with van der Waals surface area (Å²) in [6, 6.07) is 3.07. The molecule has 0 amide bonds. The fraction of sp³-hybridized carbons (Fsp3) is 0.571. The molecule has 0 radical (unpaired) electrons. The van der Waals surface area contributed by atoms with E-state index in [0.29, 0.717) is 18.6 Å². The first kappa shape index (κ1) is 19.3. The molecule has 28 heavy (non-hydrogen) atoms. The van der Waals surface area contributed by atoms with Crippen LogP contribution < -0.4 is 10.9 Å². The Labute approximate surface area is 169 Å². The summed E-state index contributed by atoms with van der Waals surface area (Å²) < 4.78 is 3.79. The maximum atomic E-state index is 13.1. The van der Waals surface area contributed by atoms with Gasteiger partial charge in [0.05, 0.1) is 17.4 Å². The maximum Gasteiger partial charge on any atom is 0.262 e. The van der Waals surface area contributed by atoms with E-state index in [1.165, 1.54) is 10.4 Å². The van der Waals surface area contributed by atoms with E-state index in [2.05, 4.69) is 42.2 Å².